The van der Waals surface area contributed by atoms with Gasteiger partial charge in [0.1, 0.15) is 0 Å². The summed E-state index contributed by atoms with van der Waals surface area (Å²) in [5, 5.41) is 3.42. The molecule has 0 radical (unpaired) electrons. The van der Waals surface area contributed by atoms with Gasteiger partial charge in [-0.3, -0.25) is 4.79 Å². The molecule has 0 saturated carbocycles. The van der Waals surface area contributed by atoms with Gasteiger partial charge in [0.25, 0.3) is 5.91 Å². The Labute approximate surface area is 87.8 Å². The highest BCUT2D eigenvalue weighted by atomic mass is 19.3. The third-order valence-electron chi connectivity index (χ3n) is 3.53. The van der Waals surface area contributed by atoms with Gasteiger partial charge in [-0.25, -0.2) is 0 Å². The molecule has 15 heavy (non-hydrogen) atoms. The number of nitrogens with zero attached hydrogens (tertiary/aromatic N) is 1. The van der Waals surface area contributed by atoms with Crippen LogP contribution in [0.2, 0.25) is 0 Å². The molecule has 3 nitrogen and oxygen atoms in total. The van der Waals surface area contributed by atoms with E-state index < -0.39 is 12.3 Å². The van der Waals surface area contributed by atoms with Gasteiger partial charge in [-0.2, -0.15) is 8.78 Å². The number of carbonyl (C=O) groups excluding carboxylic acids is 1. The minimum atomic E-state index is -2.87. The maximum atomic E-state index is 12.2. The van der Waals surface area contributed by atoms with E-state index in [2.05, 4.69) is 5.32 Å². The smallest absolute Gasteiger partial charge is 0.315 e. The maximum Gasteiger partial charge on any atom is 0.315 e. The van der Waals surface area contributed by atoms with Crippen molar-refractivity contribution in [3.63, 3.8) is 0 Å². The van der Waals surface area contributed by atoms with Crippen LogP contribution >= 0.6 is 0 Å². The number of carbonyl (C=O) groups is 1. The molecule has 0 aromatic heterocycles. The summed E-state index contributed by atoms with van der Waals surface area (Å²) in [6.07, 6.45) is 0.967. The van der Waals surface area contributed by atoms with E-state index in [1.54, 1.807) is 0 Å². The molecule has 1 amide bonds. The number of halogens is 2. The van der Waals surface area contributed by atoms with Crippen LogP contribution in [0.4, 0.5) is 8.78 Å². The molecule has 2 bridgehead atoms. The number of rotatable bonds is 2. The number of piperidine rings is 1. The predicted octanol–water partition coefficient (Wildman–Crippen LogP) is 0.993. The normalized spacial score (nSPS) is 34.5. The first-order valence-electron chi connectivity index (χ1n) is 5.39. The van der Waals surface area contributed by atoms with Gasteiger partial charge in [-0.15, -0.1) is 0 Å². The Hall–Kier alpha value is -0.710. The predicted molar refractivity (Wildman–Crippen MR) is 51.7 cm³/mol. The lowest BCUT2D eigenvalue weighted by Gasteiger charge is -2.35. The highest BCUT2D eigenvalue weighted by Gasteiger charge is 2.37. The van der Waals surface area contributed by atoms with Crippen molar-refractivity contribution in [3.05, 3.63) is 0 Å². The summed E-state index contributed by atoms with van der Waals surface area (Å²) >= 11 is 0. The van der Waals surface area contributed by atoms with E-state index in [1.807, 2.05) is 0 Å². The largest absolute Gasteiger partial charge is 0.338 e. The van der Waals surface area contributed by atoms with Gasteiger partial charge in [0.15, 0.2) is 0 Å². The number of nitrogens with one attached hydrogen (secondary N) is 1. The second-order valence-electron chi connectivity index (χ2n) is 4.51. The molecule has 2 saturated heterocycles. The van der Waals surface area contributed by atoms with Gasteiger partial charge in [0.2, 0.25) is 0 Å². The molecule has 2 unspecified atom stereocenters. The van der Waals surface area contributed by atoms with Crippen molar-refractivity contribution >= 4 is 5.91 Å². The van der Waals surface area contributed by atoms with Gasteiger partial charge < -0.3 is 10.2 Å². The van der Waals surface area contributed by atoms with Crippen LogP contribution in [0.5, 0.6) is 0 Å². The third-order valence-corrected chi connectivity index (χ3v) is 3.53. The molecule has 0 aliphatic carbocycles. The Bertz CT molecular complexity index is 248. The standard InChI is InChI=1S/C10H16F2N2O/c1-14(10(15)9(11)12)8-4-6-2-3-7(5-8)13-6/h6-9,13H,2-5H2,1H3. The Kier molecular flexibility index (Phi) is 2.91. The van der Waals surface area contributed by atoms with Crippen molar-refractivity contribution < 1.29 is 13.6 Å². The molecule has 2 atom stereocenters. The van der Waals surface area contributed by atoms with Crippen molar-refractivity contribution in [2.45, 2.75) is 50.2 Å². The minimum absolute atomic E-state index is 0.00903. The molecule has 0 spiro atoms. The number of alkyl halides is 2. The van der Waals surface area contributed by atoms with Crippen LogP contribution in [0.3, 0.4) is 0 Å². The van der Waals surface area contributed by atoms with Crippen LogP contribution in [-0.4, -0.2) is 42.4 Å². The second kappa shape index (κ2) is 4.04. The summed E-state index contributed by atoms with van der Waals surface area (Å²) in [6.45, 7) is 0. The summed E-state index contributed by atoms with van der Waals surface area (Å²) in [7, 11) is 1.49. The molecule has 2 fully saturated rings. The van der Waals surface area contributed by atoms with Gasteiger partial charge in [0, 0.05) is 25.2 Å². The molecule has 5 heteroatoms. The topological polar surface area (TPSA) is 32.3 Å². The Morgan fingerprint density at radius 3 is 2.33 bits per heavy atom. The Morgan fingerprint density at radius 1 is 1.33 bits per heavy atom. The molecule has 2 aliphatic rings. The molecule has 1 N–H and O–H groups in total. The van der Waals surface area contributed by atoms with Crippen LogP contribution in [0.15, 0.2) is 0 Å². The van der Waals surface area contributed by atoms with E-state index >= 15 is 0 Å². The van der Waals surface area contributed by atoms with Crippen molar-refractivity contribution in [1.82, 2.24) is 10.2 Å². The highest BCUT2D eigenvalue weighted by molar-refractivity contribution is 5.79. The zero-order valence-corrected chi connectivity index (χ0v) is 8.75. The van der Waals surface area contributed by atoms with Crippen molar-refractivity contribution in [3.8, 4) is 0 Å². The molecule has 2 aliphatic heterocycles. The maximum absolute atomic E-state index is 12.2. The lowest BCUT2D eigenvalue weighted by Crippen LogP contribution is -2.50. The monoisotopic (exact) mass is 218 g/mol. The van der Waals surface area contributed by atoms with Crippen LogP contribution in [0.1, 0.15) is 25.7 Å². The average Bonchev–Trinajstić information content (AvgIpc) is 2.55. The van der Waals surface area contributed by atoms with Crippen LogP contribution in [-0.2, 0) is 4.79 Å². The molecule has 2 heterocycles. The molecule has 86 valence electrons. The number of hydrogen-bond donors (Lipinski definition) is 1. The van der Waals surface area contributed by atoms with Crippen LogP contribution in [0, 0.1) is 0 Å². The summed E-state index contributed by atoms with van der Waals surface area (Å²) in [5.74, 6) is -1.04. The number of amides is 1. The minimum Gasteiger partial charge on any atom is -0.338 e. The van der Waals surface area contributed by atoms with Gasteiger partial charge in [-0.05, 0) is 25.7 Å². The van der Waals surface area contributed by atoms with Crippen molar-refractivity contribution in [1.29, 1.82) is 0 Å². The SMILES string of the molecule is CN(C(=O)C(F)F)C1CC2CCC(C1)N2. The summed E-state index contributed by atoms with van der Waals surface area (Å²) in [6, 6.07) is 0.827. The van der Waals surface area contributed by atoms with Crippen LogP contribution < -0.4 is 5.32 Å². The first-order chi connectivity index (χ1) is 7.08. The third kappa shape index (κ3) is 2.12. The fourth-order valence-corrected chi connectivity index (χ4v) is 2.68. The zero-order chi connectivity index (χ0) is 11.0. The summed E-state index contributed by atoms with van der Waals surface area (Å²) < 4.78 is 24.5. The number of hydrogen-bond acceptors (Lipinski definition) is 2. The van der Waals surface area contributed by atoms with Crippen molar-refractivity contribution in [2.75, 3.05) is 7.05 Å². The first-order valence-corrected chi connectivity index (χ1v) is 5.39. The molecular formula is C10H16F2N2O. The fraction of sp³-hybridized carbons (Fsp3) is 0.900. The lowest BCUT2D eigenvalue weighted by atomic mass is 9.98. The van der Waals surface area contributed by atoms with E-state index in [4.69, 9.17) is 0 Å². The number of fused-ring (bicyclic) bond motifs is 2. The van der Waals surface area contributed by atoms with Gasteiger partial charge in [0.05, 0.1) is 0 Å². The quantitative estimate of drug-likeness (QED) is 0.749. The Morgan fingerprint density at radius 2 is 1.87 bits per heavy atom. The molecule has 0 aromatic carbocycles. The van der Waals surface area contributed by atoms with E-state index in [0.717, 1.165) is 25.7 Å². The van der Waals surface area contributed by atoms with E-state index in [-0.39, 0.29) is 6.04 Å². The van der Waals surface area contributed by atoms with Crippen LogP contribution in [0.25, 0.3) is 0 Å². The van der Waals surface area contributed by atoms with Gasteiger partial charge in [-0.1, -0.05) is 0 Å². The molecule has 0 aromatic rings. The summed E-state index contributed by atoms with van der Waals surface area (Å²) in [4.78, 5) is 12.4. The summed E-state index contributed by atoms with van der Waals surface area (Å²) in [5.41, 5.74) is 0. The zero-order valence-electron chi connectivity index (χ0n) is 8.75. The van der Waals surface area contributed by atoms with Gasteiger partial charge >= 0.3 is 6.43 Å². The Balaban J connectivity index is 1.96. The second-order valence-corrected chi connectivity index (χ2v) is 4.51. The van der Waals surface area contributed by atoms with Crippen molar-refractivity contribution in [2.24, 2.45) is 0 Å². The lowest BCUT2D eigenvalue weighted by molar-refractivity contribution is -0.144. The average molecular weight is 218 g/mol. The van der Waals surface area contributed by atoms with E-state index in [1.165, 1.54) is 11.9 Å². The van der Waals surface area contributed by atoms with E-state index in [0.29, 0.717) is 12.1 Å². The fourth-order valence-electron chi connectivity index (χ4n) is 2.68. The molecule has 2 rings (SSSR count). The first kappa shape index (κ1) is 10.8. The highest BCUT2D eigenvalue weighted by Crippen LogP contribution is 2.29. The molecular weight excluding hydrogens is 202 g/mol. The van der Waals surface area contributed by atoms with E-state index in [9.17, 15) is 13.6 Å².